The van der Waals surface area contributed by atoms with Crippen molar-refractivity contribution in [1.29, 1.82) is 0 Å². The van der Waals surface area contributed by atoms with Gasteiger partial charge in [0.1, 0.15) is 12.1 Å². The molecule has 0 radical (unpaired) electrons. The molecule has 1 aliphatic carbocycles. The van der Waals surface area contributed by atoms with Crippen molar-refractivity contribution in [2.24, 2.45) is 0 Å². The Kier molecular flexibility index (Phi) is 6.01. The molecule has 34 heavy (non-hydrogen) atoms. The van der Waals surface area contributed by atoms with Crippen LogP contribution in [0.15, 0.2) is 48.5 Å². The summed E-state index contributed by atoms with van der Waals surface area (Å²) in [5, 5.41) is 11.0. The van der Waals surface area contributed by atoms with E-state index in [4.69, 9.17) is 4.74 Å². The molecule has 10 heteroatoms. The molecule has 2 atom stereocenters. The maximum Gasteiger partial charge on any atom is 0.417 e. The molecular formula is C24H23F3N2O5. The number of hydrogen-bond acceptors (Lipinski definition) is 4. The van der Waals surface area contributed by atoms with Crippen molar-refractivity contribution in [1.82, 2.24) is 10.2 Å². The fourth-order valence-corrected chi connectivity index (χ4v) is 4.74. The van der Waals surface area contributed by atoms with Crippen LogP contribution in [-0.4, -0.2) is 58.9 Å². The Balaban J connectivity index is 1.49. The Hall–Kier alpha value is -3.56. The van der Waals surface area contributed by atoms with Crippen LogP contribution in [0.25, 0.3) is 11.1 Å². The van der Waals surface area contributed by atoms with E-state index < -0.39 is 35.7 Å². The summed E-state index contributed by atoms with van der Waals surface area (Å²) in [5.41, 5.74) is 1.90. The number of carboxylic acid groups (broad SMARTS) is 1. The van der Waals surface area contributed by atoms with E-state index in [1.54, 1.807) is 5.32 Å². The summed E-state index contributed by atoms with van der Waals surface area (Å²) in [7, 11) is 0. The minimum atomic E-state index is -5.13. The lowest BCUT2D eigenvalue weighted by Crippen LogP contribution is -2.61. The van der Waals surface area contributed by atoms with Gasteiger partial charge in [0.05, 0.1) is 0 Å². The first-order valence-corrected chi connectivity index (χ1v) is 10.8. The first-order chi connectivity index (χ1) is 16.0. The van der Waals surface area contributed by atoms with Gasteiger partial charge in [-0.15, -0.1) is 0 Å². The molecule has 1 heterocycles. The van der Waals surface area contributed by atoms with Crippen LogP contribution in [0.1, 0.15) is 36.8 Å². The van der Waals surface area contributed by atoms with Gasteiger partial charge in [0.2, 0.25) is 6.04 Å². The highest BCUT2D eigenvalue weighted by atomic mass is 19.4. The van der Waals surface area contributed by atoms with Crippen LogP contribution in [0.3, 0.4) is 0 Å². The summed E-state index contributed by atoms with van der Waals surface area (Å²) < 4.78 is 46.3. The van der Waals surface area contributed by atoms with Gasteiger partial charge in [-0.2, -0.15) is 13.2 Å². The van der Waals surface area contributed by atoms with Gasteiger partial charge < -0.3 is 20.1 Å². The van der Waals surface area contributed by atoms with Gasteiger partial charge in [-0.3, -0.25) is 4.79 Å². The minimum Gasteiger partial charge on any atom is -0.480 e. The summed E-state index contributed by atoms with van der Waals surface area (Å²) in [6.45, 7) is 0.816. The quantitative estimate of drug-likeness (QED) is 0.682. The third-order valence-corrected chi connectivity index (χ3v) is 6.55. The number of alkyl carbamates (subject to hydrolysis) is 1. The van der Waals surface area contributed by atoms with Crippen LogP contribution in [0.4, 0.5) is 18.0 Å². The monoisotopic (exact) mass is 476 g/mol. The van der Waals surface area contributed by atoms with Gasteiger partial charge in [0.25, 0.3) is 5.91 Å². The van der Waals surface area contributed by atoms with Crippen LogP contribution in [0.5, 0.6) is 0 Å². The summed E-state index contributed by atoms with van der Waals surface area (Å²) in [6.07, 6.45) is -6.29. The maximum atomic E-state index is 13.7. The molecule has 2 unspecified atom stereocenters. The lowest BCUT2D eigenvalue weighted by Gasteiger charge is -2.34. The normalized spacial score (nSPS) is 20.4. The van der Waals surface area contributed by atoms with Gasteiger partial charge in [-0.25, -0.2) is 9.59 Å². The first kappa shape index (κ1) is 23.6. The number of alkyl halides is 3. The third-order valence-electron chi connectivity index (χ3n) is 6.55. The molecule has 1 saturated heterocycles. The van der Waals surface area contributed by atoms with E-state index in [1.165, 1.54) is 6.92 Å². The van der Waals surface area contributed by atoms with Crippen molar-refractivity contribution in [3.05, 3.63) is 59.7 Å². The summed E-state index contributed by atoms with van der Waals surface area (Å²) in [5.74, 6) is -3.30. The van der Waals surface area contributed by atoms with E-state index in [9.17, 15) is 32.7 Å². The van der Waals surface area contributed by atoms with Gasteiger partial charge in [0.15, 0.2) is 0 Å². The number of ether oxygens (including phenoxy) is 1. The number of halogens is 3. The molecule has 2 N–H and O–H groups in total. The molecule has 2 aromatic rings. The molecule has 2 aromatic carbocycles. The van der Waals surface area contributed by atoms with Crippen LogP contribution in [0.2, 0.25) is 0 Å². The van der Waals surface area contributed by atoms with E-state index >= 15 is 0 Å². The van der Waals surface area contributed by atoms with Crippen LogP contribution >= 0.6 is 0 Å². The van der Waals surface area contributed by atoms with E-state index in [1.807, 2.05) is 48.5 Å². The average molecular weight is 476 g/mol. The highest BCUT2D eigenvalue weighted by Gasteiger charge is 2.54. The number of carbonyl (C=O) groups is 3. The third kappa shape index (κ3) is 4.08. The number of rotatable bonds is 5. The van der Waals surface area contributed by atoms with Crippen LogP contribution < -0.4 is 5.32 Å². The fourth-order valence-electron chi connectivity index (χ4n) is 4.74. The number of hydrogen-bond donors (Lipinski definition) is 2. The topological polar surface area (TPSA) is 95.9 Å². The molecule has 4 rings (SSSR count). The van der Waals surface area contributed by atoms with E-state index in [0.717, 1.165) is 22.3 Å². The second-order valence-electron chi connectivity index (χ2n) is 8.62. The summed E-state index contributed by atoms with van der Waals surface area (Å²) in [6, 6.07) is 12.0. The predicted octanol–water partition coefficient (Wildman–Crippen LogP) is 3.92. The predicted molar refractivity (Wildman–Crippen MR) is 115 cm³/mol. The molecule has 2 aliphatic rings. The smallest absolute Gasteiger partial charge is 0.417 e. The molecule has 7 nitrogen and oxygen atoms in total. The second kappa shape index (κ2) is 8.66. The highest BCUT2D eigenvalue weighted by molar-refractivity contribution is 5.92. The number of nitrogens with zero attached hydrogens (tertiary/aromatic N) is 1. The Labute approximate surface area is 193 Å². The Morgan fingerprint density at radius 3 is 2.21 bits per heavy atom. The molecule has 0 saturated carbocycles. The number of benzene rings is 2. The molecule has 0 spiro atoms. The maximum absolute atomic E-state index is 13.7. The van der Waals surface area contributed by atoms with Crippen LogP contribution in [0, 0.1) is 0 Å². The number of likely N-dealkylation sites (tertiary alicyclic amines) is 1. The second-order valence-corrected chi connectivity index (χ2v) is 8.62. The van der Waals surface area contributed by atoms with E-state index in [2.05, 4.69) is 0 Å². The van der Waals surface area contributed by atoms with Gasteiger partial charge in [0, 0.05) is 12.5 Å². The van der Waals surface area contributed by atoms with Gasteiger partial charge in [-0.05, 0) is 42.0 Å². The van der Waals surface area contributed by atoms with Crippen LogP contribution in [-0.2, 0) is 14.3 Å². The minimum absolute atomic E-state index is 0.0175. The van der Waals surface area contributed by atoms with Crippen molar-refractivity contribution >= 4 is 18.0 Å². The molecular weight excluding hydrogens is 453 g/mol. The van der Waals surface area contributed by atoms with E-state index in [-0.39, 0.29) is 31.9 Å². The fraction of sp³-hybridized carbons (Fsp3) is 0.375. The largest absolute Gasteiger partial charge is 0.480 e. The molecule has 0 bridgehead atoms. The van der Waals surface area contributed by atoms with Gasteiger partial charge in [-0.1, -0.05) is 48.5 Å². The highest BCUT2D eigenvalue weighted by Crippen LogP contribution is 2.44. The molecule has 180 valence electrons. The molecule has 1 aliphatic heterocycles. The molecule has 1 fully saturated rings. The molecule has 2 amide bonds. The van der Waals surface area contributed by atoms with Crippen molar-refractivity contribution in [3.63, 3.8) is 0 Å². The zero-order valence-corrected chi connectivity index (χ0v) is 18.3. The number of aliphatic carboxylic acids is 1. The Morgan fingerprint density at radius 1 is 1.12 bits per heavy atom. The number of fused-ring (bicyclic) bond motifs is 3. The average Bonchev–Trinajstić information content (AvgIpc) is 3.34. The van der Waals surface area contributed by atoms with Crippen molar-refractivity contribution in [3.8, 4) is 11.1 Å². The molecule has 0 aromatic heterocycles. The first-order valence-electron chi connectivity index (χ1n) is 10.8. The number of carbonyl (C=O) groups excluding carboxylic acids is 2. The summed E-state index contributed by atoms with van der Waals surface area (Å²) >= 11 is 0. The SMILES string of the molecule is CC1(C(=O)O)CCCN1C(=O)C(NC(=O)OCC1c2ccccc2-c2ccccc21)C(F)(F)F. The van der Waals surface area contributed by atoms with Crippen molar-refractivity contribution < 1.29 is 37.4 Å². The number of nitrogens with one attached hydrogen (secondary N) is 1. The van der Waals surface area contributed by atoms with Gasteiger partial charge >= 0.3 is 18.2 Å². The lowest BCUT2D eigenvalue weighted by atomic mass is 9.98. The number of carboxylic acids is 1. The zero-order valence-electron chi connectivity index (χ0n) is 18.3. The lowest BCUT2D eigenvalue weighted by molar-refractivity contribution is -0.180. The zero-order chi connectivity index (χ0) is 24.7. The van der Waals surface area contributed by atoms with Crippen molar-refractivity contribution in [2.75, 3.05) is 13.2 Å². The van der Waals surface area contributed by atoms with E-state index in [0.29, 0.717) is 4.90 Å². The Bertz CT molecular complexity index is 1090. The number of amides is 2. The standard InChI is InChI=1S/C24H23F3N2O5/c1-23(21(31)32)11-6-12-29(23)20(30)19(24(25,26)27)28-22(33)34-13-18-16-9-4-2-7-14(16)15-8-3-5-10-17(15)18/h2-5,7-10,18-19H,6,11-13H2,1H3,(H,28,33)(H,31,32). The van der Waals surface area contributed by atoms with Crippen molar-refractivity contribution in [2.45, 2.75) is 43.4 Å². The summed E-state index contributed by atoms with van der Waals surface area (Å²) in [4.78, 5) is 37.3. The Morgan fingerprint density at radius 2 is 1.68 bits per heavy atom.